The molecule has 46 heavy (non-hydrogen) atoms. The summed E-state index contributed by atoms with van der Waals surface area (Å²) >= 11 is 0. The Labute approximate surface area is 272 Å². The summed E-state index contributed by atoms with van der Waals surface area (Å²) in [5.41, 5.74) is 5.86. The van der Waals surface area contributed by atoms with Crippen molar-refractivity contribution in [2.75, 3.05) is 92.5 Å². The molecule has 12 heteroatoms. The Morgan fingerprint density at radius 2 is 1.17 bits per heavy atom. The lowest BCUT2D eigenvalue weighted by Crippen LogP contribution is -2.17. The van der Waals surface area contributed by atoms with E-state index < -0.39 is 0 Å². The molecule has 3 rings (SSSR count). The molecule has 0 amide bonds. The summed E-state index contributed by atoms with van der Waals surface area (Å²) in [4.78, 5) is 14.2. The Morgan fingerprint density at radius 3 is 1.63 bits per heavy atom. The largest absolute Gasteiger partial charge is 0.463 e. The van der Waals surface area contributed by atoms with Crippen molar-refractivity contribution in [3.63, 3.8) is 0 Å². The van der Waals surface area contributed by atoms with Gasteiger partial charge in [-0.2, -0.15) is 4.80 Å². The van der Waals surface area contributed by atoms with E-state index in [1.807, 2.05) is 24.3 Å². The zero-order valence-corrected chi connectivity index (χ0v) is 27.8. The number of fused-ring (bicyclic) bond motifs is 1. The van der Waals surface area contributed by atoms with E-state index in [0.717, 1.165) is 27.8 Å². The van der Waals surface area contributed by atoms with Crippen LogP contribution < -0.4 is 0 Å². The van der Waals surface area contributed by atoms with Crippen LogP contribution in [0.5, 0.6) is 0 Å². The van der Waals surface area contributed by atoms with Crippen molar-refractivity contribution in [3.05, 3.63) is 53.1 Å². The molecule has 0 aliphatic rings. The van der Waals surface area contributed by atoms with Crippen LogP contribution in [-0.2, 0) is 49.8 Å². The summed E-state index contributed by atoms with van der Waals surface area (Å²) in [6.07, 6.45) is 0.819. The Kier molecular flexibility index (Phi) is 17.1. The number of esters is 1. The number of benzene rings is 2. The molecular weight excluding hydrogens is 594 g/mol. The molecule has 3 aromatic rings. The van der Waals surface area contributed by atoms with Crippen molar-refractivity contribution in [1.29, 1.82) is 0 Å². The van der Waals surface area contributed by atoms with Crippen molar-refractivity contribution in [2.24, 2.45) is 0 Å². The molecule has 12 nitrogen and oxygen atoms in total. The van der Waals surface area contributed by atoms with E-state index in [4.69, 9.17) is 38.3 Å². The van der Waals surface area contributed by atoms with Crippen LogP contribution in [0.3, 0.4) is 0 Å². The van der Waals surface area contributed by atoms with Crippen LogP contribution in [0, 0.1) is 6.92 Å². The summed E-state index contributed by atoms with van der Waals surface area (Å²) in [6.45, 7) is 14.1. The van der Waals surface area contributed by atoms with Crippen LogP contribution in [0.25, 0.3) is 16.7 Å². The Balaban J connectivity index is 1.23. The molecule has 0 aliphatic carbocycles. The highest BCUT2D eigenvalue weighted by Gasteiger charge is 2.21. The van der Waals surface area contributed by atoms with Gasteiger partial charge in [-0.15, -0.1) is 10.2 Å². The molecule has 0 atom stereocenters. The van der Waals surface area contributed by atoms with Crippen LogP contribution in [0.1, 0.15) is 43.9 Å². The fraction of sp³-hybridized carbons (Fsp3) is 0.618. The predicted molar refractivity (Wildman–Crippen MR) is 174 cm³/mol. The SMILES string of the molecule is Cc1c(-n2nc3ccccc3n2)cc(CCC(=O)OCCOCCOCCOCCOCCOCCOCCO)cc1C(C)(C)C. The minimum atomic E-state index is -0.264. The van der Waals surface area contributed by atoms with Crippen LogP contribution in [0.4, 0.5) is 0 Å². The summed E-state index contributed by atoms with van der Waals surface area (Å²) in [5.74, 6) is -0.264. The zero-order chi connectivity index (χ0) is 33.0. The molecule has 0 unspecified atom stereocenters. The lowest BCUT2D eigenvalue weighted by molar-refractivity contribution is -0.145. The summed E-state index contributed by atoms with van der Waals surface area (Å²) < 4.78 is 37.7. The van der Waals surface area contributed by atoms with Gasteiger partial charge in [0.1, 0.15) is 17.6 Å². The maximum absolute atomic E-state index is 12.5. The van der Waals surface area contributed by atoms with Gasteiger partial charge in [-0.3, -0.25) is 4.79 Å². The lowest BCUT2D eigenvalue weighted by atomic mass is 9.82. The first-order valence-corrected chi connectivity index (χ1v) is 16.0. The van der Waals surface area contributed by atoms with Crippen LogP contribution in [0.15, 0.2) is 36.4 Å². The third-order valence-electron chi connectivity index (χ3n) is 6.95. The zero-order valence-electron chi connectivity index (χ0n) is 27.8. The fourth-order valence-corrected chi connectivity index (χ4v) is 4.65. The Morgan fingerprint density at radius 1 is 0.717 bits per heavy atom. The van der Waals surface area contributed by atoms with Gasteiger partial charge in [-0.1, -0.05) is 39.0 Å². The van der Waals surface area contributed by atoms with Crippen molar-refractivity contribution in [3.8, 4) is 5.69 Å². The van der Waals surface area contributed by atoms with E-state index in [-0.39, 0.29) is 31.0 Å². The van der Waals surface area contributed by atoms with Gasteiger partial charge in [0.15, 0.2) is 0 Å². The Hall–Kier alpha value is -2.97. The Bertz CT molecular complexity index is 1260. The number of aromatic nitrogens is 3. The average molecular weight is 646 g/mol. The van der Waals surface area contributed by atoms with Crippen molar-refractivity contribution < 1.29 is 43.1 Å². The number of carbonyl (C=O) groups is 1. The topological polar surface area (TPSA) is 133 Å². The quantitative estimate of drug-likeness (QED) is 0.113. The molecule has 0 saturated heterocycles. The third kappa shape index (κ3) is 13.8. The highest BCUT2D eigenvalue weighted by atomic mass is 16.6. The van der Waals surface area contributed by atoms with Gasteiger partial charge in [-0.25, -0.2) is 0 Å². The molecule has 0 bridgehead atoms. The number of aliphatic hydroxyl groups is 1. The van der Waals surface area contributed by atoms with Crippen LogP contribution >= 0.6 is 0 Å². The summed E-state index contributed by atoms with van der Waals surface area (Å²) in [7, 11) is 0. The second-order valence-electron chi connectivity index (χ2n) is 11.6. The van der Waals surface area contributed by atoms with E-state index in [1.165, 1.54) is 5.56 Å². The third-order valence-corrected chi connectivity index (χ3v) is 6.95. The van der Waals surface area contributed by atoms with Crippen molar-refractivity contribution >= 4 is 17.0 Å². The molecule has 1 N–H and O–H groups in total. The highest BCUT2D eigenvalue weighted by Crippen LogP contribution is 2.31. The summed E-state index contributed by atoms with van der Waals surface area (Å²) in [6, 6.07) is 12.0. The number of hydrogen-bond acceptors (Lipinski definition) is 11. The van der Waals surface area contributed by atoms with Gasteiger partial charge in [0.25, 0.3) is 0 Å². The first kappa shape index (κ1) is 37.5. The van der Waals surface area contributed by atoms with Gasteiger partial charge in [0.2, 0.25) is 0 Å². The molecular formula is C34H51N3O9. The number of nitrogens with zero attached hydrogens (tertiary/aromatic N) is 3. The highest BCUT2D eigenvalue weighted by molar-refractivity contribution is 5.73. The second kappa shape index (κ2) is 21.0. The normalized spacial score (nSPS) is 11.8. The summed E-state index contributed by atoms with van der Waals surface area (Å²) in [5, 5.41) is 18.0. The van der Waals surface area contributed by atoms with E-state index in [1.54, 1.807) is 4.80 Å². The van der Waals surface area contributed by atoms with Crippen LogP contribution in [-0.4, -0.2) is 119 Å². The fourth-order valence-electron chi connectivity index (χ4n) is 4.65. The molecule has 0 radical (unpaired) electrons. The van der Waals surface area contributed by atoms with Crippen molar-refractivity contribution in [2.45, 2.75) is 46.0 Å². The number of rotatable bonds is 24. The molecule has 1 aromatic heterocycles. The molecule has 2 aromatic carbocycles. The maximum Gasteiger partial charge on any atom is 0.306 e. The maximum atomic E-state index is 12.5. The monoisotopic (exact) mass is 645 g/mol. The standard InChI is InChI=1S/C34H51N3O9/c1-27-29(34(2,3)4)25-28(26-32(27)37-35-30-7-5-6-8-31(30)36-37)9-10-33(39)46-24-23-45-22-21-44-20-19-43-18-17-42-16-15-41-14-13-40-12-11-38/h5-8,25-26,38H,9-24H2,1-4H3. The minimum Gasteiger partial charge on any atom is -0.463 e. The number of aliphatic hydroxyl groups excluding tert-OH is 1. The first-order valence-electron chi connectivity index (χ1n) is 16.0. The van der Waals surface area contributed by atoms with Crippen LogP contribution in [0.2, 0.25) is 0 Å². The van der Waals surface area contributed by atoms with Crippen molar-refractivity contribution in [1.82, 2.24) is 15.0 Å². The van der Waals surface area contributed by atoms with Gasteiger partial charge < -0.3 is 38.3 Å². The lowest BCUT2D eigenvalue weighted by Gasteiger charge is -2.24. The van der Waals surface area contributed by atoms with E-state index >= 15 is 0 Å². The molecule has 0 aliphatic heterocycles. The van der Waals surface area contributed by atoms with E-state index in [9.17, 15) is 4.79 Å². The molecule has 0 saturated carbocycles. The number of hydrogen-bond donors (Lipinski definition) is 1. The second-order valence-corrected chi connectivity index (χ2v) is 11.6. The number of carbonyl (C=O) groups excluding carboxylic acids is 1. The van der Waals surface area contributed by atoms with E-state index in [0.29, 0.717) is 85.7 Å². The number of ether oxygens (including phenoxy) is 7. The molecule has 0 fully saturated rings. The molecule has 1 heterocycles. The molecule has 256 valence electrons. The van der Waals surface area contributed by atoms with E-state index in [2.05, 4.69) is 50.0 Å². The number of aryl methyl sites for hydroxylation is 1. The predicted octanol–water partition coefficient (Wildman–Crippen LogP) is 3.59. The smallest absolute Gasteiger partial charge is 0.306 e. The van der Waals surface area contributed by atoms with Gasteiger partial charge >= 0.3 is 5.97 Å². The van der Waals surface area contributed by atoms with Gasteiger partial charge in [0.05, 0.1) is 91.6 Å². The molecule has 0 spiro atoms. The average Bonchev–Trinajstić information content (AvgIpc) is 3.47. The minimum absolute atomic E-state index is 0.0172. The van der Waals surface area contributed by atoms with Gasteiger partial charge in [-0.05, 0) is 53.6 Å². The first-order chi connectivity index (χ1) is 22.3. The van der Waals surface area contributed by atoms with Gasteiger partial charge in [0, 0.05) is 6.42 Å².